The Bertz CT molecular complexity index is 1010. The number of carbonyl (C=O) groups is 1. The fourth-order valence-corrected chi connectivity index (χ4v) is 4.94. The molecule has 1 aliphatic carbocycles. The van der Waals surface area contributed by atoms with Crippen LogP contribution in [0.2, 0.25) is 0 Å². The van der Waals surface area contributed by atoms with Gasteiger partial charge in [-0.1, -0.05) is 29.8 Å². The van der Waals surface area contributed by atoms with Crippen LogP contribution < -0.4 is 10.0 Å². The van der Waals surface area contributed by atoms with E-state index in [1.54, 1.807) is 36.4 Å². The molecule has 0 bridgehead atoms. The van der Waals surface area contributed by atoms with Crippen LogP contribution in [-0.4, -0.2) is 58.6 Å². The summed E-state index contributed by atoms with van der Waals surface area (Å²) in [4.78, 5) is 15.3. The average Bonchev–Trinajstić information content (AvgIpc) is 3.57. The number of ether oxygens (including phenoxy) is 1. The third-order valence-corrected chi connectivity index (χ3v) is 7.42. The topological polar surface area (TPSA) is 87.7 Å². The molecule has 0 spiro atoms. The Morgan fingerprint density at radius 3 is 2.29 bits per heavy atom. The van der Waals surface area contributed by atoms with E-state index in [-0.39, 0.29) is 10.8 Å². The van der Waals surface area contributed by atoms with Gasteiger partial charge in [0.05, 0.1) is 23.5 Å². The number of nitrogens with one attached hydrogen (secondary N) is 2. The first-order chi connectivity index (χ1) is 14.9. The first-order valence-corrected chi connectivity index (χ1v) is 12.2. The van der Waals surface area contributed by atoms with Crippen molar-refractivity contribution in [3.8, 4) is 0 Å². The van der Waals surface area contributed by atoms with Crippen molar-refractivity contribution in [2.24, 2.45) is 0 Å². The molecule has 2 fully saturated rings. The molecule has 0 atom stereocenters. The monoisotopic (exact) mass is 443 g/mol. The molecule has 2 aromatic carbocycles. The van der Waals surface area contributed by atoms with Gasteiger partial charge < -0.3 is 10.1 Å². The van der Waals surface area contributed by atoms with Crippen molar-refractivity contribution in [2.75, 3.05) is 44.1 Å². The van der Waals surface area contributed by atoms with E-state index in [1.807, 2.05) is 19.1 Å². The molecular formula is C23H29N3O4S. The van der Waals surface area contributed by atoms with E-state index in [1.165, 1.54) is 0 Å². The third kappa shape index (κ3) is 5.08. The maximum Gasteiger partial charge on any atom is 0.261 e. The Morgan fingerprint density at radius 2 is 1.68 bits per heavy atom. The fraction of sp³-hybridized carbons (Fsp3) is 0.435. The number of nitrogens with zero attached hydrogens (tertiary/aromatic N) is 1. The molecule has 8 heteroatoms. The zero-order chi connectivity index (χ0) is 21.9. The molecule has 0 aromatic heterocycles. The molecule has 1 heterocycles. The van der Waals surface area contributed by atoms with Gasteiger partial charge in [0, 0.05) is 31.9 Å². The first-order valence-electron chi connectivity index (χ1n) is 10.7. The van der Waals surface area contributed by atoms with E-state index in [9.17, 15) is 13.2 Å². The highest BCUT2D eigenvalue weighted by atomic mass is 32.2. The smallest absolute Gasteiger partial charge is 0.261 e. The lowest BCUT2D eigenvalue weighted by atomic mass is 9.95. The highest BCUT2D eigenvalue weighted by molar-refractivity contribution is 7.92. The zero-order valence-corrected chi connectivity index (χ0v) is 18.6. The quantitative estimate of drug-likeness (QED) is 0.654. The Morgan fingerprint density at radius 1 is 1.03 bits per heavy atom. The summed E-state index contributed by atoms with van der Waals surface area (Å²) < 4.78 is 33.1. The van der Waals surface area contributed by atoms with Gasteiger partial charge in [-0.3, -0.25) is 14.4 Å². The summed E-state index contributed by atoms with van der Waals surface area (Å²) >= 11 is 0. The van der Waals surface area contributed by atoms with Gasteiger partial charge in [-0.25, -0.2) is 8.42 Å². The predicted molar refractivity (Wildman–Crippen MR) is 120 cm³/mol. The Balaban J connectivity index is 1.35. The van der Waals surface area contributed by atoms with E-state index in [2.05, 4.69) is 14.9 Å². The molecule has 2 aromatic rings. The number of hydrogen-bond acceptors (Lipinski definition) is 5. The minimum Gasteiger partial charge on any atom is -0.379 e. The van der Waals surface area contributed by atoms with E-state index in [0.29, 0.717) is 12.2 Å². The Hall–Kier alpha value is -2.42. The zero-order valence-electron chi connectivity index (χ0n) is 17.8. The largest absolute Gasteiger partial charge is 0.379 e. The maximum absolute atomic E-state index is 12.8. The van der Waals surface area contributed by atoms with Crippen LogP contribution in [-0.2, 0) is 25.0 Å². The number of benzene rings is 2. The fourth-order valence-electron chi connectivity index (χ4n) is 3.88. The number of rotatable bonds is 8. The number of amides is 1. The van der Waals surface area contributed by atoms with Gasteiger partial charge in [0.15, 0.2) is 0 Å². The second kappa shape index (κ2) is 8.98. The van der Waals surface area contributed by atoms with Crippen LogP contribution >= 0.6 is 0 Å². The van der Waals surface area contributed by atoms with Crippen molar-refractivity contribution < 1.29 is 17.9 Å². The molecule has 1 saturated heterocycles. The van der Waals surface area contributed by atoms with Crippen molar-refractivity contribution in [3.63, 3.8) is 0 Å². The molecule has 0 unspecified atom stereocenters. The molecule has 31 heavy (non-hydrogen) atoms. The number of aryl methyl sites for hydroxylation is 1. The van der Waals surface area contributed by atoms with Crippen molar-refractivity contribution in [2.45, 2.75) is 30.1 Å². The lowest BCUT2D eigenvalue weighted by molar-refractivity contribution is -0.123. The third-order valence-electron chi connectivity index (χ3n) is 6.02. The normalized spacial score (nSPS) is 18.4. The van der Waals surface area contributed by atoms with Crippen molar-refractivity contribution >= 4 is 21.6 Å². The molecule has 2 aliphatic rings. The molecule has 7 nitrogen and oxygen atoms in total. The molecule has 1 aliphatic heterocycles. The van der Waals surface area contributed by atoms with Crippen molar-refractivity contribution in [3.05, 3.63) is 59.7 Å². The lowest BCUT2D eigenvalue weighted by Crippen LogP contribution is -2.43. The summed E-state index contributed by atoms with van der Waals surface area (Å²) in [6, 6.07) is 13.9. The van der Waals surface area contributed by atoms with Gasteiger partial charge in [0.2, 0.25) is 5.91 Å². The minimum absolute atomic E-state index is 0.0498. The molecule has 2 N–H and O–H groups in total. The minimum atomic E-state index is -3.64. The van der Waals surface area contributed by atoms with Gasteiger partial charge in [-0.05, 0) is 49.6 Å². The van der Waals surface area contributed by atoms with Gasteiger partial charge in [-0.2, -0.15) is 0 Å². The second-order valence-corrected chi connectivity index (χ2v) is 9.97. The predicted octanol–water partition coefficient (Wildman–Crippen LogP) is 2.28. The summed E-state index contributed by atoms with van der Waals surface area (Å²) in [5.41, 5.74) is 1.92. The molecule has 1 saturated carbocycles. The number of hydrogen-bond donors (Lipinski definition) is 2. The van der Waals surface area contributed by atoms with Gasteiger partial charge in [-0.15, -0.1) is 0 Å². The molecule has 1 amide bonds. The highest BCUT2D eigenvalue weighted by Gasteiger charge is 2.51. The van der Waals surface area contributed by atoms with Crippen LogP contribution in [0.4, 0.5) is 5.69 Å². The van der Waals surface area contributed by atoms with Crippen molar-refractivity contribution in [1.82, 2.24) is 10.2 Å². The Kier molecular flexibility index (Phi) is 6.31. The summed E-state index contributed by atoms with van der Waals surface area (Å²) in [5, 5.41) is 3.08. The van der Waals surface area contributed by atoms with Crippen LogP contribution in [0.15, 0.2) is 53.4 Å². The highest BCUT2D eigenvalue weighted by Crippen LogP contribution is 2.48. The molecular weight excluding hydrogens is 414 g/mol. The van der Waals surface area contributed by atoms with Gasteiger partial charge in [0.1, 0.15) is 0 Å². The van der Waals surface area contributed by atoms with Crippen LogP contribution in [0.3, 0.4) is 0 Å². The SMILES string of the molecule is Cc1ccc(S(=O)(=O)Nc2ccc(C3(C(=O)NCCN4CCOCC4)CC3)cc2)cc1. The van der Waals surface area contributed by atoms with Crippen LogP contribution in [0.5, 0.6) is 0 Å². The summed E-state index contributed by atoms with van der Waals surface area (Å²) in [7, 11) is -3.64. The first kappa shape index (κ1) is 21.8. The number of sulfonamides is 1. The number of anilines is 1. The van der Waals surface area contributed by atoms with Crippen LogP contribution in [0.25, 0.3) is 0 Å². The van der Waals surface area contributed by atoms with E-state index in [0.717, 1.165) is 56.8 Å². The summed E-state index contributed by atoms with van der Waals surface area (Å²) in [6.07, 6.45) is 1.62. The van der Waals surface area contributed by atoms with E-state index < -0.39 is 15.4 Å². The van der Waals surface area contributed by atoms with Crippen LogP contribution in [0.1, 0.15) is 24.0 Å². The average molecular weight is 444 g/mol. The second-order valence-electron chi connectivity index (χ2n) is 8.29. The summed E-state index contributed by atoms with van der Waals surface area (Å²) in [5.74, 6) is 0.0498. The Labute approximate surface area is 183 Å². The van der Waals surface area contributed by atoms with Gasteiger partial charge >= 0.3 is 0 Å². The maximum atomic E-state index is 12.8. The standard InChI is InChI=1S/C23H29N3O4S/c1-18-2-8-21(9-3-18)31(28,29)25-20-6-4-19(5-7-20)23(10-11-23)22(27)24-12-13-26-14-16-30-17-15-26/h2-9,25H,10-17H2,1H3,(H,24,27). The molecule has 166 valence electrons. The number of morpholine rings is 1. The number of carbonyl (C=O) groups excluding carboxylic acids is 1. The van der Waals surface area contributed by atoms with Gasteiger partial charge in [0.25, 0.3) is 10.0 Å². The van der Waals surface area contributed by atoms with E-state index in [4.69, 9.17) is 4.74 Å². The summed E-state index contributed by atoms with van der Waals surface area (Å²) in [6.45, 7) is 6.66. The molecule has 0 radical (unpaired) electrons. The molecule has 4 rings (SSSR count). The lowest BCUT2D eigenvalue weighted by Gasteiger charge is -2.27. The van der Waals surface area contributed by atoms with Crippen molar-refractivity contribution in [1.29, 1.82) is 0 Å². The van der Waals surface area contributed by atoms with Crippen LogP contribution in [0, 0.1) is 6.92 Å². The van der Waals surface area contributed by atoms with E-state index >= 15 is 0 Å².